The maximum absolute atomic E-state index is 5.26. The third-order valence-corrected chi connectivity index (χ3v) is 3.03. The first-order valence-corrected chi connectivity index (χ1v) is 6.79. The Morgan fingerprint density at radius 2 is 1.75 bits per heavy atom. The van der Waals surface area contributed by atoms with Crippen LogP contribution >= 0.6 is 12.2 Å². The van der Waals surface area contributed by atoms with Gasteiger partial charge >= 0.3 is 0 Å². The minimum Gasteiger partial charge on any atom is -0.481 e. The second kappa shape index (κ2) is 6.86. The van der Waals surface area contributed by atoms with Gasteiger partial charge in [-0.15, -0.1) is 0 Å². The van der Waals surface area contributed by atoms with Crippen LogP contribution in [0.4, 0.5) is 11.4 Å². The molecule has 2 N–H and O–H groups in total. The van der Waals surface area contributed by atoms with Crippen molar-refractivity contribution in [2.75, 3.05) is 17.7 Å². The maximum Gasteiger partial charge on any atom is 0.213 e. The van der Waals surface area contributed by atoms with E-state index in [4.69, 9.17) is 17.0 Å². The lowest BCUT2D eigenvalue weighted by Crippen LogP contribution is -2.19. The van der Waals surface area contributed by atoms with E-state index in [0.29, 0.717) is 11.0 Å². The van der Waals surface area contributed by atoms with E-state index in [1.807, 2.05) is 18.2 Å². The van der Waals surface area contributed by atoms with E-state index >= 15 is 0 Å². The number of thiocarbonyl (C=S) groups is 1. The van der Waals surface area contributed by atoms with Gasteiger partial charge in [0.2, 0.25) is 5.88 Å². The summed E-state index contributed by atoms with van der Waals surface area (Å²) in [5, 5.41) is 6.73. The first kappa shape index (κ1) is 14.3. The number of methoxy groups -OCH3 is 1. The summed E-state index contributed by atoms with van der Waals surface area (Å²) in [6.45, 7) is 2.13. The Labute approximate surface area is 124 Å². The highest BCUT2D eigenvalue weighted by Gasteiger charge is 2.00. The second-order valence-electron chi connectivity index (χ2n) is 4.22. The smallest absolute Gasteiger partial charge is 0.213 e. The molecule has 20 heavy (non-hydrogen) atoms. The SMILES string of the molecule is CCc1ccc(NC(=S)Nc2ccc(OC)nc2)cc1. The van der Waals surface area contributed by atoms with Crippen LogP contribution in [-0.2, 0) is 6.42 Å². The third kappa shape index (κ3) is 3.93. The van der Waals surface area contributed by atoms with Crippen LogP contribution in [0.3, 0.4) is 0 Å². The molecule has 0 unspecified atom stereocenters. The number of hydrogen-bond donors (Lipinski definition) is 2. The Kier molecular flexibility index (Phi) is 4.90. The monoisotopic (exact) mass is 287 g/mol. The predicted molar refractivity (Wildman–Crippen MR) is 86.5 cm³/mol. The summed E-state index contributed by atoms with van der Waals surface area (Å²) in [5.74, 6) is 0.574. The van der Waals surface area contributed by atoms with Crippen molar-refractivity contribution in [3.63, 3.8) is 0 Å². The van der Waals surface area contributed by atoms with Gasteiger partial charge in [0.15, 0.2) is 5.11 Å². The number of ether oxygens (including phenoxy) is 1. The van der Waals surface area contributed by atoms with Crippen LogP contribution in [-0.4, -0.2) is 17.2 Å². The minimum atomic E-state index is 0.529. The molecule has 104 valence electrons. The van der Waals surface area contributed by atoms with Crippen molar-refractivity contribution in [3.05, 3.63) is 48.2 Å². The summed E-state index contributed by atoms with van der Waals surface area (Å²) in [4.78, 5) is 4.11. The first-order chi connectivity index (χ1) is 9.71. The van der Waals surface area contributed by atoms with Crippen LogP contribution in [0.1, 0.15) is 12.5 Å². The van der Waals surface area contributed by atoms with Crippen molar-refractivity contribution in [2.45, 2.75) is 13.3 Å². The summed E-state index contributed by atoms with van der Waals surface area (Å²) in [7, 11) is 1.58. The number of benzene rings is 1. The Balaban J connectivity index is 1.93. The number of anilines is 2. The lowest BCUT2D eigenvalue weighted by Gasteiger charge is -2.11. The zero-order chi connectivity index (χ0) is 14.4. The molecular formula is C15H17N3OS. The van der Waals surface area contributed by atoms with Gasteiger partial charge in [-0.1, -0.05) is 19.1 Å². The molecule has 2 aromatic rings. The topological polar surface area (TPSA) is 46.2 Å². The summed E-state index contributed by atoms with van der Waals surface area (Å²) in [5.41, 5.74) is 3.07. The standard InChI is InChI=1S/C15H17N3OS/c1-3-11-4-6-12(7-5-11)17-15(20)18-13-8-9-14(19-2)16-10-13/h4-10H,3H2,1-2H3,(H2,17,18,20). The van der Waals surface area contributed by atoms with Crippen LogP contribution in [0, 0.1) is 0 Å². The molecule has 0 bridgehead atoms. The fourth-order valence-corrected chi connectivity index (χ4v) is 1.93. The van der Waals surface area contributed by atoms with Gasteiger partial charge in [0.25, 0.3) is 0 Å². The van der Waals surface area contributed by atoms with Crippen molar-refractivity contribution in [3.8, 4) is 5.88 Å². The van der Waals surface area contributed by atoms with Crippen LogP contribution < -0.4 is 15.4 Å². The summed E-state index contributed by atoms with van der Waals surface area (Å²) >= 11 is 5.26. The van der Waals surface area contributed by atoms with Gasteiger partial charge < -0.3 is 15.4 Å². The molecule has 0 saturated carbocycles. The molecule has 1 aromatic heterocycles. The highest BCUT2D eigenvalue weighted by Crippen LogP contribution is 2.13. The number of nitrogens with zero attached hydrogens (tertiary/aromatic N) is 1. The fourth-order valence-electron chi connectivity index (χ4n) is 1.69. The van der Waals surface area contributed by atoms with Crippen LogP contribution in [0.25, 0.3) is 0 Å². The van der Waals surface area contributed by atoms with E-state index < -0.39 is 0 Å². The molecule has 5 heteroatoms. The summed E-state index contributed by atoms with van der Waals surface area (Å²) in [6, 6.07) is 11.8. The Morgan fingerprint density at radius 3 is 2.30 bits per heavy atom. The van der Waals surface area contributed by atoms with E-state index in [9.17, 15) is 0 Å². The van der Waals surface area contributed by atoms with Crippen LogP contribution in [0.15, 0.2) is 42.6 Å². The third-order valence-electron chi connectivity index (χ3n) is 2.82. The molecule has 1 aromatic carbocycles. The highest BCUT2D eigenvalue weighted by atomic mass is 32.1. The lowest BCUT2D eigenvalue weighted by molar-refractivity contribution is 0.398. The molecule has 0 radical (unpaired) electrons. The molecule has 0 aliphatic rings. The van der Waals surface area contributed by atoms with E-state index in [0.717, 1.165) is 17.8 Å². The molecule has 0 aliphatic heterocycles. The molecule has 0 atom stereocenters. The summed E-state index contributed by atoms with van der Waals surface area (Å²) in [6.07, 6.45) is 2.70. The molecule has 1 heterocycles. The number of rotatable bonds is 4. The largest absolute Gasteiger partial charge is 0.481 e. The average Bonchev–Trinajstić information content (AvgIpc) is 2.49. The quantitative estimate of drug-likeness (QED) is 0.843. The molecule has 0 fully saturated rings. The normalized spacial score (nSPS) is 9.90. The second-order valence-corrected chi connectivity index (χ2v) is 4.63. The Bertz CT molecular complexity index is 515. The Hall–Kier alpha value is -2.14. The van der Waals surface area contributed by atoms with E-state index in [2.05, 4.69) is 34.7 Å². The molecule has 0 saturated heterocycles. The summed E-state index contributed by atoms with van der Waals surface area (Å²) < 4.78 is 5.00. The number of pyridine rings is 1. The van der Waals surface area contributed by atoms with Gasteiger partial charge in [-0.2, -0.15) is 0 Å². The first-order valence-electron chi connectivity index (χ1n) is 6.38. The molecule has 2 rings (SSSR count). The zero-order valence-electron chi connectivity index (χ0n) is 11.5. The van der Waals surface area contributed by atoms with Gasteiger partial charge in [0.05, 0.1) is 19.0 Å². The van der Waals surface area contributed by atoms with Crippen molar-refractivity contribution in [1.29, 1.82) is 0 Å². The molecular weight excluding hydrogens is 270 g/mol. The zero-order valence-corrected chi connectivity index (χ0v) is 12.3. The van der Waals surface area contributed by atoms with E-state index in [1.165, 1.54) is 5.56 Å². The molecule has 0 aliphatic carbocycles. The number of aromatic nitrogens is 1. The fraction of sp³-hybridized carbons (Fsp3) is 0.200. The van der Waals surface area contributed by atoms with Gasteiger partial charge in [-0.05, 0) is 42.4 Å². The van der Waals surface area contributed by atoms with E-state index in [1.54, 1.807) is 19.4 Å². The maximum atomic E-state index is 5.26. The number of aryl methyl sites for hydroxylation is 1. The van der Waals surface area contributed by atoms with Gasteiger partial charge in [-0.3, -0.25) is 0 Å². The van der Waals surface area contributed by atoms with Crippen molar-refractivity contribution < 1.29 is 4.74 Å². The highest BCUT2D eigenvalue weighted by molar-refractivity contribution is 7.80. The van der Waals surface area contributed by atoms with Crippen LogP contribution in [0.2, 0.25) is 0 Å². The molecule has 0 spiro atoms. The van der Waals surface area contributed by atoms with Gasteiger partial charge in [0.1, 0.15) is 0 Å². The average molecular weight is 287 g/mol. The van der Waals surface area contributed by atoms with E-state index in [-0.39, 0.29) is 0 Å². The molecule has 0 amide bonds. The van der Waals surface area contributed by atoms with Crippen molar-refractivity contribution >= 4 is 28.7 Å². The predicted octanol–water partition coefficient (Wildman–Crippen LogP) is 3.46. The van der Waals surface area contributed by atoms with Crippen LogP contribution in [0.5, 0.6) is 5.88 Å². The number of hydrogen-bond acceptors (Lipinski definition) is 3. The van der Waals surface area contributed by atoms with Crippen molar-refractivity contribution in [2.24, 2.45) is 0 Å². The van der Waals surface area contributed by atoms with Gasteiger partial charge in [0, 0.05) is 11.8 Å². The lowest BCUT2D eigenvalue weighted by atomic mass is 10.1. The molecule has 4 nitrogen and oxygen atoms in total. The van der Waals surface area contributed by atoms with Crippen molar-refractivity contribution in [1.82, 2.24) is 4.98 Å². The van der Waals surface area contributed by atoms with Gasteiger partial charge in [-0.25, -0.2) is 4.98 Å². The Morgan fingerprint density at radius 1 is 1.10 bits per heavy atom. The number of nitrogens with one attached hydrogen (secondary N) is 2. The minimum absolute atomic E-state index is 0.529.